The Hall–Kier alpha value is -3.30. The molecule has 1 spiro atoms. The first kappa shape index (κ1) is 26.8. The normalized spacial score (nSPS) is 22.8. The van der Waals surface area contributed by atoms with E-state index in [2.05, 4.69) is 22.4 Å². The van der Waals surface area contributed by atoms with Crippen molar-refractivity contribution >= 4 is 17.7 Å². The lowest BCUT2D eigenvalue weighted by atomic mass is 9.69. The van der Waals surface area contributed by atoms with Gasteiger partial charge in [-0.25, -0.2) is 0 Å². The number of amides is 3. The lowest BCUT2D eigenvalue weighted by Crippen LogP contribution is -2.60. The molecule has 9 nitrogen and oxygen atoms in total. The third-order valence-electron chi connectivity index (χ3n) is 7.38. The zero-order valence-electron chi connectivity index (χ0n) is 21.9. The monoisotopic (exact) mass is 507 g/mol. The number of likely N-dealkylation sites (N-methyl/N-ethyl adjacent to an activating group) is 1. The number of benzene rings is 1. The Bertz CT molecular complexity index is 1100. The van der Waals surface area contributed by atoms with Crippen molar-refractivity contribution in [2.24, 2.45) is 11.1 Å². The van der Waals surface area contributed by atoms with Crippen molar-refractivity contribution in [1.29, 1.82) is 0 Å². The lowest BCUT2D eigenvalue weighted by molar-refractivity contribution is -0.147. The van der Waals surface area contributed by atoms with E-state index in [9.17, 15) is 14.4 Å². The van der Waals surface area contributed by atoms with Gasteiger partial charge in [-0.2, -0.15) is 0 Å². The molecule has 2 aliphatic heterocycles. The Morgan fingerprint density at radius 2 is 1.95 bits per heavy atom. The average molecular weight is 508 g/mol. The minimum absolute atomic E-state index is 0.0155. The highest BCUT2D eigenvalue weighted by molar-refractivity contribution is 5.92. The van der Waals surface area contributed by atoms with Crippen LogP contribution in [0, 0.1) is 5.41 Å². The average Bonchev–Trinajstić information content (AvgIpc) is 3.13. The number of nitrogens with two attached hydrogens (primary N) is 1. The maximum absolute atomic E-state index is 13.8. The number of carbonyl (C=O) groups excluding carboxylic acids is 3. The summed E-state index contributed by atoms with van der Waals surface area (Å²) in [6.07, 6.45) is 3.08. The number of likely N-dealkylation sites (tertiary alicyclic amines) is 2. The molecule has 0 aliphatic carbocycles. The van der Waals surface area contributed by atoms with Crippen LogP contribution in [0.4, 0.5) is 0 Å². The van der Waals surface area contributed by atoms with Gasteiger partial charge in [-0.15, -0.1) is 0 Å². The number of nitrogens with one attached hydrogen (secondary N) is 1. The molecular formula is C28H37N5O4. The number of piperidine rings is 1. The summed E-state index contributed by atoms with van der Waals surface area (Å²) >= 11 is 0. The Morgan fingerprint density at radius 1 is 1.22 bits per heavy atom. The Kier molecular flexibility index (Phi) is 7.94. The van der Waals surface area contributed by atoms with Crippen LogP contribution in [0.5, 0.6) is 0 Å². The summed E-state index contributed by atoms with van der Waals surface area (Å²) in [6, 6.07) is 14.6. The molecule has 4 rings (SSSR count). The van der Waals surface area contributed by atoms with Crippen molar-refractivity contribution in [1.82, 2.24) is 20.1 Å². The molecule has 3 amide bonds. The summed E-state index contributed by atoms with van der Waals surface area (Å²) in [5.74, 6) is -0.670. The van der Waals surface area contributed by atoms with Crippen LogP contribution in [0.3, 0.4) is 0 Å². The maximum Gasteiger partial charge on any atom is 0.247 e. The molecular weight excluding hydrogens is 470 g/mol. The molecule has 1 aromatic heterocycles. The number of hydrogen-bond donors (Lipinski definition) is 2. The van der Waals surface area contributed by atoms with Gasteiger partial charge in [-0.1, -0.05) is 36.4 Å². The fourth-order valence-electron chi connectivity index (χ4n) is 5.41. The Balaban J connectivity index is 1.54. The van der Waals surface area contributed by atoms with Gasteiger partial charge < -0.3 is 25.6 Å². The molecule has 37 heavy (non-hydrogen) atoms. The molecule has 3 heterocycles. The Morgan fingerprint density at radius 3 is 2.62 bits per heavy atom. The van der Waals surface area contributed by atoms with Gasteiger partial charge >= 0.3 is 0 Å². The first-order chi connectivity index (χ1) is 17.6. The van der Waals surface area contributed by atoms with Gasteiger partial charge in [0, 0.05) is 38.8 Å². The summed E-state index contributed by atoms with van der Waals surface area (Å²) in [7, 11) is 1.83. The van der Waals surface area contributed by atoms with Crippen LogP contribution in [0.2, 0.25) is 0 Å². The molecule has 198 valence electrons. The highest BCUT2D eigenvalue weighted by atomic mass is 16.5. The number of ether oxygens (including phenoxy) is 1. The number of rotatable bonds is 8. The highest BCUT2D eigenvalue weighted by Gasteiger charge is 2.55. The maximum atomic E-state index is 13.8. The van der Waals surface area contributed by atoms with Crippen LogP contribution in [0.15, 0.2) is 54.7 Å². The van der Waals surface area contributed by atoms with Crippen LogP contribution in [0.1, 0.15) is 43.9 Å². The summed E-state index contributed by atoms with van der Waals surface area (Å²) in [6.45, 7) is 4.77. The van der Waals surface area contributed by atoms with Gasteiger partial charge in [0.2, 0.25) is 17.7 Å². The van der Waals surface area contributed by atoms with Gasteiger partial charge in [0.05, 0.1) is 29.9 Å². The summed E-state index contributed by atoms with van der Waals surface area (Å²) in [4.78, 5) is 47.8. The van der Waals surface area contributed by atoms with E-state index in [-0.39, 0.29) is 30.9 Å². The summed E-state index contributed by atoms with van der Waals surface area (Å²) in [5.41, 5.74) is 5.97. The molecule has 0 unspecified atom stereocenters. The fourth-order valence-corrected chi connectivity index (χ4v) is 5.41. The summed E-state index contributed by atoms with van der Waals surface area (Å²) < 4.78 is 5.81. The van der Waals surface area contributed by atoms with Crippen molar-refractivity contribution in [3.05, 3.63) is 66.0 Å². The van der Waals surface area contributed by atoms with E-state index in [0.717, 1.165) is 11.3 Å². The molecule has 3 N–H and O–H groups in total. The molecule has 0 saturated carbocycles. The van der Waals surface area contributed by atoms with Crippen LogP contribution >= 0.6 is 0 Å². The Labute approximate surface area is 218 Å². The molecule has 2 aliphatic rings. The standard InChI is InChI=1S/C28H37N5O4/c1-27(2,29)25(35)31-23(18-37-17-21-12-7-8-14-30-21)24(34)33-15-9-13-28(19-33)22(16-32(3)26(28)36)20-10-5-4-6-11-20/h4-8,10-12,14,22-23H,9,13,15-19,29H2,1-3H3,(H,31,35)/t22-,23+,28-/m0/s1. The van der Waals surface area contributed by atoms with E-state index in [4.69, 9.17) is 10.5 Å². The number of hydrogen-bond acceptors (Lipinski definition) is 6. The predicted molar refractivity (Wildman–Crippen MR) is 139 cm³/mol. The molecule has 0 radical (unpaired) electrons. The summed E-state index contributed by atoms with van der Waals surface area (Å²) in [5, 5.41) is 2.79. The molecule has 2 aromatic rings. The van der Waals surface area contributed by atoms with Crippen molar-refractivity contribution in [3.8, 4) is 0 Å². The third kappa shape index (κ3) is 5.83. The van der Waals surface area contributed by atoms with E-state index in [1.54, 1.807) is 29.8 Å². The highest BCUT2D eigenvalue weighted by Crippen LogP contribution is 2.49. The zero-order chi connectivity index (χ0) is 26.6. The minimum Gasteiger partial charge on any atom is -0.372 e. The number of nitrogens with zero attached hydrogens (tertiary/aromatic N) is 3. The van der Waals surface area contributed by atoms with Crippen LogP contribution in [0.25, 0.3) is 0 Å². The first-order valence-corrected chi connectivity index (χ1v) is 12.8. The molecule has 3 atom stereocenters. The topological polar surface area (TPSA) is 118 Å². The van der Waals surface area contributed by atoms with E-state index >= 15 is 0 Å². The van der Waals surface area contributed by atoms with Gasteiger partial charge in [-0.05, 0) is 44.4 Å². The van der Waals surface area contributed by atoms with Gasteiger partial charge in [0.25, 0.3) is 0 Å². The molecule has 2 fully saturated rings. The quantitative estimate of drug-likeness (QED) is 0.562. The second-order valence-electron chi connectivity index (χ2n) is 10.8. The van der Waals surface area contributed by atoms with Crippen molar-refractivity contribution in [2.75, 3.05) is 33.3 Å². The van der Waals surface area contributed by atoms with Gasteiger partial charge in [0.1, 0.15) is 6.04 Å². The van der Waals surface area contributed by atoms with E-state index < -0.39 is 22.9 Å². The van der Waals surface area contributed by atoms with Crippen molar-refractivity contribution in [3.63, 3.8) is 0 Å². The SMILES string of the molecule is CN1C[C@@H](c2ccccc2)[C@@]2(CCCN(C(=O)[C@@H](COCc3ccccn3)NC(=O)C(C)(C)N)C2)C1=O. The third-order valence-corrected chi connectivity index (χ3v) is 7.38. The largest absolute Gasteiger partial charge is 0.372 e. The van der Waals surface area contributed by atoms with Gasteiger partial charge in [-0.3, -0.25) is 19.4 Å². The second kappa shape index (κ2) is 11.0. The van der Waals surface area contributed by atoms with E-state index in [1.165, 1.54) is 0 Å². The lowest BCUT2D eigenvalue weighted by Gasteiger charge is -2.43. The van der Waals surface area contributed by atoms with Crippen LogP contribution in [-0.4, -0.2) is 77.4 Å². The van der Waals surface area contributed by atoms with E-state index in [1.807, 2.05) is 43.4 Å². The van der Waals surface area contributed by atoms with Crippen LogP contribution in [-0.2, 0) is 25.7 Å². The predicted octanol–water partition coefficient (Wildman–Crippen LogP) is 1.68. The molecule has 1 aromatic carbocycles. The second-order valence-corrected chi connectivity index (χ2v) is 10.8. The minimum atomic E-state index is -1.16. The van der Waals surface area contributed by atoms with Crippen molar-refractivity contribution < 1.29 is 19.1 Å². The number of pyridine rings is 1. The number of aromatic nitrogens is 1. The van der Waals surface area contributed by atoms with Crippen molar-refractivity contribution in [2.45, 2.75) is 50.8 Å². The zero-order valence-corrected chi connectivity index (χ0v) is 21.9. The smallest absolute Gasteiger partial charge is 0.247 e. The van der Waals surface area contributed by atoms with E-state index in [0.29, 0.717) is 32.5 Å². The van der Waals surface area contributed by atoms with Gasteiger partial charge in [0.15, 0.2) is 0 Å². The fraction of sp³-hybridized carbons (Fsp3) is 0.500. The first-order valence-electron chi connectivity index (χ1n) is 12.8. The molecule has 9 heteroatoms. The molecule has 2 saturated heterocycles. The number of carbonyl (C=O) groups is 3. The van der Waals surface area contributed by atoms with Crippen LogP contribution < -0.4 is 11.1 Å². The molecule has 0 bridgehead atoms.